The van der Waals surface area contributed by atoms with Crippen molar-refractivity contribution in [3.05, 3.63) is 0 Å². The van der Waals surface area contributed by atoms with Crippen LogP contribution in [0.2, 0.25) is 6.55 Å². The Balaban J connectivity index is 3.17. The molecule has 0 rings (SSSR count). The van der Waals surface area contributed by atoms with Gasteiger partial charge in [-0.25, -0.2) is 0 Å². The smallest absolute Gasteiger partial charge is 0.0356 e. The van der Waals surface area contributed by atoms with Crippen molar-refractivity contribution in [2.24, 2.45) is 0 Å². The molecule has 38 valence electrons. The monoisotopic (exact) mass is 214 g/mol. The fraction of sp³-hybridized carbons (Fsp3) is 1.00. The fourth-order valence-corrected chi connectivity index (χ4v) is 0. The van der Waals surface area contributed by atoms with Crippen LogP contribution in [0.1, 0.15) is 13.8 Å². The highest BCUT2D eigenvalue weighted by Gasteiger charge is 2.06. The molecule has 0 heterocycles. The zero-order chi connectivity index (χ0) is 5.21. The van der Waals surface area contributed by atoms with Crippen LogP contribution in [-0.4, -0.2) is 12.6 Å². The molecule has 0 N–H and O–H groups in total. The molecule has 0 saturated heterocycles. The molecule has 0 fully saturated rings. The summed E-state index contributed by atoms with van der Waals surface area (Å²) in [5, 5.41) is 0. The summed E-state index contributed by atoms with van der Waals surface area (Å²) in [4.78, 5) is 0. The Labute approximate surface area is 55.7 Å². The lowest BCUT2D eigenvalue weighted by molar-refractivity contribution is 1.04. The van der Waals surface area contributed by atoms with E-state index in [0.29, 0.717) is 3.04 Å². The number of rotatable bonds is 1. The molecule has 0 nitrogen and oxygen atoms in total. The van der Waals surface area contributed by atoms with E-state index in [2.05, 4.69) is 43.0 Å². The van der Waals surface area contributed by atoms with Crippen LogP contribution in [0.3, 0.4) is 0 Å². The molecule has 0 aliphatic heterocycles. The zero-order valence-electron chi connectivity index (χ0n) is 4.59. The van der Waals surface area contributed by atoms with Gasteiger partial charge in [-0.3, -0.25) is 0 Å². The van der Waals surface area contributed by atoms with Crippen LogP contribution in [0, 0.1) is 0 Å². The van der Waals surface area contributed by atoms with Gasteiger partial charge in [0.1, 0.15) is 0 Å². The third-order valence-electron chi connectivity index (χ3n) is 0.841. The Hall–Kier alpha value is 0.947. The molecule has 0 aliphatic carbocycles. The SMILES string of the molecule is C[SiH2]C(C)(C)I. The Morgan fingerprint density at radius 1 is 1.50 bits per heavy atom. The van der Waals surface area contributed by atoms with Crippen LogP contribution in [0.5, 0.6) is 0 Å². The maximum Gasteiger partial charge on any atom is 0.0356 e. The summed E-state index contributed by atoms with van der Waals surface area (Å²) in [5.74, 6) is 0. The van der Waals surface area contributed by atoms with Gasteiger partial charge in [-0.1, -0.05) is 43.0 Å². The Bertz CT molecular complexity index is 37.3. The summed E-state index contributed by atoms with van der Waals surface area (Å²) < 4.78 is 0.651. The van der Waals surface area contributed by atoms with E-state index in [1.165, 1.54) is 0 Å². The molecule has 0 aromatic carbocycles. The van der Waals surface area contributed by atoms with Crippen molar-refractivity contribution in [2.75, 3.05) is 0 Å². The molecular formula is C4H11ISi. The van der Waals surface area contributed by atoms with Gasteiger partial charge in [0, 0.05) is 12.6 Å². The van der Waals surface area contributed by atoms with Gasteiger partial charge in [0.2, 0.25) is 0 Å². The molecule has 0 bridgehead atoms. The molecule has 0 aliphatic rings. The van der Waals surface area contributed by atoms with Crippen molar-refractivity contribution in [1.82, 2.24) is 0 Å². The largest absolute Gasteiger partial charge is 0.0837 e. The summed E-state index contributed by atoms with van der Waals surface area (Å²) in [6.45, 7) is 6.92. The van der Waals surface area contributed by atoms with Gasteiger partial charge in [0.15, 0.2) is 0 Å². The Morgan fingerprint density at radius 2 is 1.67 bits per heavy atom. The van der Waals surface area contributed by atoms with E-state index in [1.807, 2.05) is 0 Å². The van der Waals surface area contributed by atoms with E-state index in [1.54, 1.807) is 0 Å². The van der Waals surface area contributed by atoms with Crippen LogP contribution in [-0.2, 0) is 0 Å². The predicted molar refractivity (Wildman–Crippen MR) is 42.5 cm³/mol. The zero-order valence-corrected chi connectivity index (χ0v) is 8.16. The van der Waals surface area contributed by atoms with E-state index < -0.39 is 0 Å². The third-order valence-corrected chi connectivity index (χ3v) is 4.81. The van der Waals surface area contributed by atoms with E-state index in [-0.39, 0.29) is 9.52 Å². The van der Waals surface area contributed by atoms with Gasteiger partial charge in [-0.2, -0.15) is 0 Å². The number of hydrogen-bond acceptors (Lipinski definition) is 0. The molecule has 0 spiro atoms. The topological polar surface area (TPSA) is 0 Å². The molecule has 0 aromatic rings. The van der Waals surface area contributed by atoms with Crippen molar-refractivity contribution >= 4 is 32.1 Å². The first-order valence-electron chi connectivity index (χ1n) is 2.25. The Morgan fingerprint density at radius 3 is 1.67 bits per heavy atom. The first-order chi connectivity index (χ1) is 2.56. The van der Waals surface area contributed by atoms with Gasteiger partial charge >= 0.3 is 0 Å². The molecule has 0 aromatic heterocycles. The van der Waals surface area contributed by atoms with Crippen LogP contribution >= 0.6 is 22.6 Å². The molecule has 0 atom stereocenters. The van der Waals surface area contributed by atoms with Crippen molar-refractivity contribution in [1.29, 1.82) is 0 Å². The molecule has 0 radical (unpaired) electrons. The quantitative estimate of drug-likeness (QED) is 0.351. The Kier molecular flexibility index (Phi) is 2.67. The standard InChI is InChI=1S/C4H11ISi/c1-4(2,5)6-3/h6H2,1-3H3. The van der Waals surface area contributed by atoms with E-state index in [4.69, 9.17) is 0 Å². The summed E-state index contributed by atoms with van der Waals surface area (Å²) >= 11 is 2.50. The number of alkyl halides is 1. The minimum absolute atomic E-state index is 0.239. The lowest BCUT2D eigenvalue weighted by atomic mass is 10.6. The van der Waals surface area contributed by atoms with Gasteiger partial charge in [0.25, 0.3) is 0 Å². The van der Waals surface area contributed by atoms with Crippen molar-refractivity contribution in [3.8, 4) is 0 Å². The molecule has 2 heteroatoms. The lowest BCUT2D eigenvalue weighted by Gasteiger charge is -2.09. The van der Waals surface area contributed by atoms with Crippen LogP contribution in [0.25, 0.3) is 0 Å². The summed E-state index contributed by atoms with van der Waals surface area (Å²) in [6.07, 6.45) is 0. The van der Waals surface area contributed by atoms with Gasteiger partial charge in [-0.15, -0.1) is 0 Å². The number of hydrogen-bond donors (Lipinski definition) is 0. The second-order valence-corrected chi connectivity index (χ2v) is 8.91. The highest BCUT2D eigenvalue weighted by atomic mass is 127. The van der Waals surface area contributed by atoms with Crippen LogP contribution in [0.4, 0.5) is 0 Å². The lowest BCUT2D eigenvalue weighted by Crippen LogP contribution is -2.15. The van der Waals surface area contributed by atoms with Gasteiger partial charge < -0.3 is 0 Å². The molecule has 0 unspecified atom stereocenters. The second kappa shape index (κ2) is 2.30. The molecular weight excluding hydrogens is 203 g/mol. The van der Waals surface area contributed by atoms with Crippen molar-refractivity contribution in [3.63, 3.8) is 0 Å². The second-order valence-electron chi connectivity index (χ2n) is 2.07. The summed E-state index contributed by atoms with van der Waals surface area (Å²) in [7, 11) is 0.239. The first kappa shape index (κ1) is 6.95. The summed E-state index contributed by atoms with van der Waals surface area (Å²) in [5.41, 5.74) is 0. The van der Waals surface area contributed by atoms with Gasteiger partial charge in [0.05, 0.1) is 0 Å². The maximum absolute atomic E-state index is 2.50. The van der Waals surface area contributed by atoms with E-state index in [9.17, 15) is 0 Å². The average molecular weight is 214 g/mol. The minimum Gasteiger partial charge on any atom is -0.0837 e. The predicted octanol–water partition coefficient (Wildman–Crippen LogP) is 1.37. The third kappa shape index (κ3) is 4.95. The van der Waals surface area contributed by atoms with Crippen molar-refractivity contribution < 1.29 is 0 Å². The fourth-order valence-electron chi connectivity index (χ4n) is 0. The minimum atomic E-state index is 0.239. The molecule has 0 amide bonds. The molecule has 0 saturated carbocycles. The van der Waals surface area contributed by atoms with Crippen LogP contribution in [0.15, 0.2) is 0 Å². The van der Waals surface area contributed by atoms with Crippen molar-refractivity contribution in [2.45, 2.75) is 23.4 Å². The highest BCUT2D eigenvalue weighted by Crippen LogP contribution is 2.12. The van der Waals surface area contributed by atoms with Crippen LogP contribution < -0.4 is 0 Å². The van der Waals surface area contributed by atoms with E-state index in [0.717, 1.165) is 0 Å². The maximum atomic E-state index is 2.50. The summed E-state index contributed by atoms with van der Waals surface area (Å²) in [6, 6.07) is 0. The normalized spacial score (nSPS) is 14.0. The average Bonchev–Trinajstić information content (AvgIpc) is 1.35. The first-order valence-corrected chi connectivity index (χ1v) is 5.45. The van der Waals surface area contributed by atoms with E-state index >= 15 is 0 Å². The molecule has 6 heavy (non-hydrogen) atoms. The van der Waals surface area contributed by atoms with Gasteiger partial charge in [-0.05, 0) is 0 Å². The number of halogens is 1. The highest BCUT2D eigenvalue weighted by molar-refractivity contribution is 14.1.